The number of aromatic nitrogens is 3. The zero-order valence-corrected chi connectivity index (χ0v) is 20.9. The minimum Gasteiger partial charge on any atom is -0.347 e. The maximum absolute atomic E-state index is 14.9. The summed E-state index contributed by atoms with van der Waals surface area (Å²) in [6.45, 7) is 3.94. The molecule has 1 N–H and O–H groups in total. The number of rotatable bonds is 6. The molecule has 3 heterocycles. The van der Waals surface area contributed by atoms with Crippen LogP contribution in [0, 0.1) is 12.7 Å². The highest BCUT2D eigenvalue weighted by Crippen LogP contribution is 2.30. The van der Waals surface area contributed by atoms with Gasteiger partial charge in [-0.2, -0.15) is 26.7 Å². The summed E-state index contributed by atoms with van der Waals surface area (Å²) in [5.74, 6) is -1.20. The van der Waals surface area contributed by atoms with Crippen LogP contribution in [0.4, 0.5) is 23.2 Å². The number of carbonyl (C=O) groups excluding carboxylic acids is 1. The van der Waals surface area contributed by atoms with E-state index < -0.39 is 39.6 Å². The van der Waals surface area contributed by atoms with Gasteiger partial charge in [-0.15, -0.1) is 0 Å². The van der Waals surface area contributed by atoms with Gasteiger partial charge in [0.2, 0.25) is 5.78 Å². The fourth-order valence-corrected chi connectivity index (χ4v) is 4.87. The van der Waals surface area contributed by atoms with Crippen molar-refractivity contribution < 1.29 is 30.8 Å². The molecule has 0 unspecified atom stereocenters. The van der Waals surface area contributed by atoms with Crippen molar-refractivity contribution in [3.8, 4) is 0 Å². The summed E-state index contributed by atoms with van der Waals surface area (Å²) < 4.78 is 78.7. The second-order valence-electron chi connectivity index (χ2n) is 8.32. The van der Waals surface area contributed by atoms with Crippen LogP contribution in [0.1, 0.15) is 41.2 Å². The predicted molar refractivity (Wildman–Crippen MR) is 127 cm³/mol. The molecule has 0 atom stereocenters. The quantitative estimate of drug-likeness (QED) is 0.481. The number of imidazole rings is 1. The van der Waals surface area contributed by atoms with Crippen molar-refractivity contribution in [2.45, 2.75) is 39.2 Å². The number of hydrogen-bond donors (Lipinski definition) is 1. The molecule has 0 saturated carbocycles. The third-order valence-corrected chi connectivity index (χ3v) is 7.31. The largest absolute Gasteiger partial charge is 0.516 e. The molecule has 0 fully saturated rings. The van der Waals surface area contributed by atoms with Gasteiger partial charge >= 0.3 is 15.5 Å². The number of hydrogen-bond acceptors (Lipinski definition) is 7. The molecule has 0 bridgehead atoms. The third-order valence-electron chi connectivity index (χ3n) is 5.70. The van der Waals surface area contributed by atoms with Gasteiger partial charge in [0.05, 0.1) is 24.5 Å². The first-order chi connectivity index (χ1) is 17.3. The number of amides is 1. The summed E-state index contributed by atoms with van der Waals surface area (Å²) in [5, 5.41) is 7.67. The number of anilines is 1. The van der Waals surface area contributed by atoms with Crippen molar-refractivity contribution >= 4 is 33.2 Å². The van der Waals surface area contributed by atoms with Crippen molar-refractivity contribution in [3.63, 3.8) is 0 Å². The Morgan fingerprint density at radius 1 is 1.19 bits per heavy atom. The minimum absolute atomic E-state index is 0.00837. The van der Waals surface area contributed by atoms with Crippen molar-refractivity contribution in [3.05, 3.63) is 58.9 Å². The maximum atomic E-state index is 14.9. The zero-order valence-electron chi connectivity index (χ0n) is 20.0. The number of nitrogens with one attached hydrogen (secondary N) is 1. The standard InChI is InChI=1S/C22H23F4N7O3S/c1-4-17-19(31-12-13(2)10-28-21(31)29-17)20(34)27-11-15-5-6-18(16(23)9-15)32-7-8-33(14(3)30-32)37(35,36)22(24,25)26/h5-6,9-10,12H,4,7-8,11H2,1-3H3,(H,27,34). The van der Waals surface area contributed by atoms with Crippen LogP contribution in [0.15, 0.2) is 35.7 Å². The Labute approximate surface area is 209 Å². The van der Waals surface area contributed by atoms with Gasteiger partial charge in [-0.05, 0) is 43.5 Å². The van der Waals surface area contributed by atoms with Gasteiger partial charge in [0.25, 0.3) is 5.91 Å². The number of amidine groups is 1. The Hall–Kier alpha value is -3.75. The first-order valence-electron chi connectivity index (χ1n) is 11.2. The number of nitrogens with zero attached hydrogens (tertiary/aromatic N) is 6. The van der Waals surface area contributed by atoms with Gasteiger partial charge in [-0.1, -0.05) is 13.0 Å². The summed E-state index contributed by atoms with van der Waals surface area (Å²) in [5.41, 5.74) is -3.35. The van der Waals surface area contributed by atoms with Gasteiger partial charge in [-0.3, -0.25) is 14.2 Å². The molecule has 0 aliphatic carbocycles. The van der Waals surface area contributed by atoms with Gasteiger partial charge in [0.15, 0.2) is 0 Å². The van der Waals surface area contributed by atoms with E-state index in [9.17, 15) is 30.8 Å². The zero-order chi connectivity index (χ0) is 27.1. The molecule has 198 valence electrons. The van der Waals surface area contributed by atoms with E-state index in [0.717, 1.165) is 17.5 Å². The summed E-state index contributed by atoms with van der Waals surface area (Å²) in [6.07, 6.45) is 3.90. The second kappa shape index (κ2) is 9.61. The molecule has 0 spiro atoms. The molecule has 0 saturated heterocycles. The minimum atomic E-state index is -5.59. The first kappa shape index (κ1) is 26.3. The van der Waals surface area contributed by atoms with Crippen LogP contribution < -0.4 is 10.3 Å². The van der Waals surface area contributed by atoms with Crippen LogP contribution >= 0.6 is 0 Å². The average molecular weight is 542 g/mol. The number of hydrazone groups is 1. The van der Waals surface area contributed by atoms with Gasteiger partial charge < -0.3 is 5.32 Å². The number of aryl methyl sites for hydroxylation is 2. The fraction of sp³-hybridized carbons (Fsp3) is 0.364. The normalized spacial score (nSPS) is 14.7. The lowest BCUT2D eigenvalue weighted by atomic mass is 10.1. The average Bonchev–Trinajstić information content (AvgIpc) is 3.19. The number of halogens is 4. The molecule has 2 aromatic heterocycles. The molecule has 0 radical (unpaired) electrons. The molecule has 37 heavy (non-hydrogen) atoms. The van der Waals surface area contributed by atoms with Crippen LogP contribution in [0.3, 0.4) is 0 Å². The lowest BCUT2D eigenvalue weighted by Crippen LogP contribution is -2.50. The van der Waals surface area contributed by atoms with Crippen LogP contribution in [-0.4, -0.2) is 57.4 Å². The maximum Gasteiger partial charge on any atom is 0.516 e. The molecule has 1 amide bonds. The lowest BCUT2D eigenvalue weighted by Gasteiger charge is -2.33. The van der Waals surface area contributed by atoms with E-state index in [1.807, 2.05) is 13.8 Å². The first-order valence-corrected chi connectivity index (χ1v) is 12.6. The number of carbonyl (C=O) groups is 1. The molecule has 1 aliphatic heterocycles. The Balaban J connectivity index is 1.50. The van der Waals surface area contributed by atoms with Crippen molar-refractivity contribution in [2.75, 3.05) is 18.1 Å². The molecular weight excluding hydrogens is 518 g/mol. The van der Waals surface area contributed by atoms with E-state index in [1.165, 1.54) is 18.2 Å². The highest BCUT2D eigenvalue weighted by Gasteiger charge is 2.51. The van der Waals surface area contributed by atoms with Crippen molar-refractivity contribution in [1.82, 2.24) is 24.0 Å². The summed E-state index contributed by atoms with van der Waals surface area (Å²) in [6, 6.07) is 4.06. The second-order valence-corrected chi connectivity index (χ2v) is 10.2. The molecule has 15 heteroatoms. The molecule has 3 aromatic rings. The predicted octanol–water partition coefficient (Wildman–Crippen LogP) is 2.97. The molecule has 10 nitrogen and oxygen atoms in total. The molecular formula is C22H23F4N7O3S. The van der Waals surface area contributed by atoms with E-state index in [4.69, 9.17) is 0 Å². The molecule has 4 rings (SSSR count). The van der Waals surface area contributed by atoms with E-state index in [1.54, 1.807) is 16.8 Å². The Morgan fingerprint density at radius 3 is 2.54 bits per heavy atom. The topological polar surface area (TPSA) is 112 Å². The van der Waals surface area contributed by atoms with Gasteiger partial charge in [-0.25, -0.2) is 18.7 Å². The Morgan fingerprint density at radius 2 is 1.92 bits per heavy atom. The van der Waals surface area contributed by atoms with Crippen LogP contribution in [-0.2, 0) is 23.0 Å². The Bertz CT molecular complexity index is 1500. The number of benzene rings is 1. The van der Waals surface area contributed by atoms with Crippen molar-refractivity contribution in [1.29, 1.82) is 0 Å². The number of sulfonamides is 1. The molecule has 1 aromatic carbocycles. The third kappa shape index (κ3) is 4.95. The summed E-state index contributed by atoms with van der Waals surface area (Å²) >= 11 is 0. The van der Waals surface area contributed by atoms with E-state index in [0.29, 0.717) is 29.1 Å². The van der Waals surface area contributed by atoms with E-state index >= 15 is 0 Å². The SMILES string of the molecule is CCc1nc2ncc(C)cn2c1C(=O)NCc1ccc(N2CCN(S(=O)(=O)C(F)(F)F)C(C)=N2)c(F)c1. The van der Waals surface area contributed by atoms with Crippen LogP contribution in [0.25, 0.3) is 5.78 Å². The summed E-state index contributed by atoms with van der Waals surface area (Å²) in [7, 11) is -5.59. The van der Waals surface area contributed by atoms with E-state index in [-0.39, 0.29) is 23.1 Å². The van der Waals surface area contributed by atoms with Crippen LogP contribution in [0.5, 0.6) is 0 Å². The number of fused-ring (bicyclic) bond motifs is 1. The smallest absolute Gasteiger partial charge is 0.347 e. The van der Waals surface area contributed by atoms with E-state index in [2.05, 4.69) is 20.4 Å². The number of alkyl halides is 3. The van der Waals surface area contributed by atoms with Crippen LogP contribution in [0.2, 0.25) is 0 Å². The van der Waals surface area contributed by atoms with Gasteiger partial charge in [0.1, 0.15) is 17.3 Å². The highest BCUT2D eigenvalue weighted by molar-refractivity contribution is 7.90. The van der Waals surface area contributed by atoms with Gasteiger partial charge in [0, 0.05) is 18.9 Å². The molecule has 1 aliphatic rings. The van der Waals surface area contributed by atoms with Crippen molar-refractivity contribution in [2.24, 2.45) is 5.10 Å². The fourth-order valence-electron chi connectivity index (χ4n) is 3.91. The lowest BCUT2D eigenvalue weighted by molar-refractivity contribution is -0.0473. The monoisotopic (exact) mass is 541 g/mol. The highest BCUT2D eigenvalue weighted by atomic mass is 32.2. The Kier molecular flexibility index (Phi) is 6.83. The summed E-state index contributed by atoms with van der Waals surface area (Å²) in [4.78, 5) is 21.6.